The van der Waals surface area contributed by atoms with Crippen LogP contribution in [0.15, 0.2) is 22.8 Å². The van der Waals surface area contributed by atoms with E-state index in [0.29, 0.717) is 11.8 Å². The van der Waals surface area contributed by atoms with Crippen LogP contribution in [0.1, 0.15) is 106 Å². The molecule has 0 aliphatic heterocycles. The molecule has 0 saturated heterocycles. The van der Waals surface area contributed by atoms with Crippen LogP contribution >= 0.6 is 0 Å². The van der Waals surface area contributed by atoms with Crippen LogP contribution in [0, 0.1) is 44.8 Å². The first-order chi connectivity index (χ1) is 15.3. The number of fused-ring (bicyclic) bond motifs is 7. The first kappa shape index (κ1) is 23.6. The van der Waals surface area contributed by atoms with Gasteiger partial charge >= 0.3 is 5.97 Å². The van der Waals surface area contributed by atoms with Crippen LogP contribution in [0.4, 0.5) is 0 Å². The van der Waals surface area contributed by atoms with Crippen molar-refractivity contribution in [3.05, 3.63) is 22.8 Å². The van der Waals surface area contributed by atoms with Gasteiger partial charge in [0, 0.05) is 5.92 Å². The lowest BCUT2D eigenvalue weighted by Crippen LogP contribution is -2.64. The summed E-state index contributed by atoms with van der Waals surface area (Å²) in [5, 5.41) is 21.4. The monoisotopic (exact) mass is 454 g/mol. The molecule has 2 N–H and O–H groups in total. The standard InChI is InChI=1S/C30H46O3/c1-18-10-15-30(25(32)33)17-16-28(6)20(24(30)19(18)2)8-9-22-27(5)13-12-23(31)26(3,4)21(27)11-14-29(22,28)7/h8,21-24,31H,9-17H2,1-7H3,(H,32,33). The zero-order valence-electron chi connectivity index (χ0n) is 22.1. The van der Waals surface area contributed by atoms with Crippen molar-refractivity contribution in [1.29, 1.82) is 0 Å². The summed E-state index contributed by atoms with van der Waals surface area (Å²) in [6.45, 7) is 16.6. The maximum absolute atomic E-state index is 12.8. The molecule has 0 aromatic rings. The van der Waals surface area contributed by atoms with Crippen molar-refractivity contribution in [2.45, 2.75) is 112 Å². The first-order valence-electron chi connectivity index (χ1n) is 13.5. The zero-order valence-corrected chi connectivity index (χ0v) is 22.1. The maximum Gasteiger partial charge on any atom is 0.310 e. The van der Waals surface area contributed by atoms with Gasteiger partial charge in [0.25, 0.3) is 0 Å². The Labute approximate surface area is 201 Å². The number of carboxylic acid groups (broad SMARTS) is 1. The van der Waals surface area contributed by atoms with Crippen LogP contribution in [0.2, 0.25) is 0 Å². The number of allylic oxidation sites excluding steroid dienone is 4. The van der Waals surface area contributed by atoms with Gasteiger partial charge in [-0.1, -0.05) is 57.4 Å². The second-order valence-electron chi connectivity index (χ2n) is 14.0. The number of hydrogen-bond donors (Lipinski definition) is 2. The summed E-state index contributed by atoms with van der Waals surface area (Å²) in [4.78, 5) is 12.8. The van der Waals surface area contributed by atoms with E-state index < -0.39 is 11.4 Å². The summed E-state index contributed by atoms with van der Waals surface area (Å²) in [5.41, 5.74) is 4.01. The van der Waals surface area contributed by atoms with E-state index in [0.717, 1.165) is 44.9 Å². The molecule has 0 bridgehead atoms. The number of hydrogen-bond acceptors (Lipinski definition) is 2. The van der Waals surface area contributed by atoms with Crippen LogP contribution in [-0.4, -0.2) is 22.3 Å². The fraction of sp³-hybridized carbons (Fsp3) is 0.833. The molecule has 33 heavy (non-hydrogen) atoms. The summed E-state index contributed by atoms with van der Waals surface area (Å²) < 4.78 is 0. The molecule has 5 rings (SSSR count). The van der Waals surface area contributed by atoms with Crippen molar-refractivity contribution in [2.75, 3.05) is 0 Å². The molecule has 8 unspecified atom stereocenters. The molecule has 8 atom stereocenters. The predicted molar refractivity (Wildman–Crippen MR) is 133 cm³/mol. The molecule has 0 aromatic carbocycles. The van der Waals surface area contributed by atoms with Gasteiger partial charge in [-0.05, 0) is 105 Å². The Morgan fingerprint density at radius 1 is 0.939 bits per heavy atom. The Hall–Kier alpha value is -1.09. The summed E-state index contributed by atoms with van der Waals surface area (Å²) in [6.07, 6.45) is 11.3. The fourth-order valence-corrected chi connectivity index (χ4v) is 10.4. The normalized spacial score (nSPS) is 51.0. The smallest absolute Gasteiger partial charge is 0.310 e. The molecule has 5 aliphatic carbocycles. The Morgan fingerprint density at radius 3 is 2.30 bits per heavy atom. The first-order valence-corrected chi connectivity index (χ1v) is 13.5. The molecule has 0 heterocycles. The minimum atomic E-state index is -0.615. The second kappa shape index (κ2) is 6.99. The lowest BCUT2D eigenvalue weighted by atomic mass is 9.34. The van der Waals surface area contributed by atoms with Gasteiger partial charge in [-0.3, -0.25) is 4.79 Å². The van der Waals surface area contributed by atoms with Crippen LogP contribution in [0.25, 0.3) is 0 Å². The minimum absolute atomic E-state index is 0.0376. The van der Waals surface area contributed by atoms with E-state index in [1.165, 1.54) is 29.6 Å². The Morgan fingerprint density at radius 2 is 1.64 bits per heavy atom. The van der Waals surface area contributed by atoms with E-state index in [4.69, 9.17) is 0 Å². The molecule has 3 nitrogen and oxygen atoms in total. The Kier molecular flexibility index (Phi) is 5.01. The molecular formula is C30H46O3. The minimum Gasteiger partial charge on any atom is -0.481 e. The van der Waals surface area contributed by atoms with Crippen molar-refractivity contribution < 1.29 is 15.0 Å². The molecule has 3 heteroatoms. The molecule has 5 aliphatic rings. The van der Waals surface area contributed by atoms with Crippen molar-refractivity contribution in [2.24, 2.45) is 44.8 Å². The molecule has 0 amide bonds. The highest BCUT2D eigenvalue weighted by Gasteiger charge is 2.68. The highest BCUT2D eigenvalue weighted by atomic mass is 16.4. The Balaban J connectivity index is 1.64. The third-order valence-corrected chi connectivity index (χ3v) is 12.9. The van der Waals surface area contributed by atoms with Crippen molar-refractivity contribution >= 4 is 5.97 Å². The summed E-state index contributed by atoms with van der Waals surface area (Å²) in [5.74, 6) is 0.630. The SMILES string of the molecule is CC1=C(C)C2C3=CCC4C5(C)CCC(O)C(C)(C)C5CCC4(C)C3(C)CCC2(C(=O)O)CC1. The van der Waals surface area contributed by atoms with Gasteiger partial charge < -0.3 is 10.2 Å². The summed E-state index contributed by atoms with van der Waals surface area (Å²) in [6, 6.07) is 0. The lowest BCUT2D eigenvalue weighted by molar-refractivity contribution is -0.202. The van der Waals surface area contributed by atoms with Crippen molar-refractivity contribution in [3.8, 4) is 0 Å². The quantitative estimate of drug-likeness (QED) is 0.413. The van der Waals surface area contributed by atoms with Crippen molar-refractivity contribution in [1.82, 2.24) is 0 Å². The van der Waals surface area contributed by atoms with Crippen LogP contribution in [0.3, 0.4) is 0 Å². The predicted octanol–water partition coefficient (Wildman–Crippen LogP) is 7.15. The molecule has 3 fully saturated rings. The van der Waals surface area contributed by atoms with E-state index in [2.05, 4.69) is 54.5 Å². The van der Waals surface area contributed by atoms with Gasteiger partial charge in [0.15, 0.2) is 0 Å². The van der Waals surface area contributed by atoms with Gasteiger partial charge in [-0.2, -0.15) is 0 Å². The van der Waals surface area contributed by atoms with E-state index >= 15 is 0 Å². The highest BCUT2D eigenvalue weighted by Crippen LogP contribution is 2.75. The second-order valence-corrected chi connectivity index (χ2v) is 14.0. The van der Waals surface area contributed by atoms with Gasteiger partial charge in [0.2, 0.25) is 0 Å². The third-order valence-electron chi connectivity index (χ3n) is 12.9. The van der Waals surface area contributed by atoms with Gasteiger partial charge in [0.1, 0.15) is 0 Å². The molecule has 3 saturated carbocycles. The number of aliphatic hydroxyl groups excluding tert-OH is 1. The molecule has 0 aromatic heterocycles. The van der Waals surface area contributed by atoms with Gasteiger partial charge in [-0.15, -0.1) is 0 Å². The van der Waals surface area contributed by atoms with E-state index in [9.17, 15) is 15.0 Å². The number of rotatable bonds is 1. The van der Waals surface area contributed by atoms with E-state index in [-0.39, 0.29) is 33.7 Å². The van der Waals surface area contributed by atoms with E-state index in [1.807, 2.05) is 0 Å². The average molecular weight is 455 g/mol. The molecule has 184 valence electrons. The van der Waals surface area contributed by atoms with Crippen molar-refractivity contribution in [3.63, 3.8) is 0 Å². The van der Waals surface area contributed by atoms with Crippen LogP contribution in [0.5, 0.6) is 0 Å². The highest BCUT2D eigenvalue weighted by molar-refractivity contribution is 5.78. The molecule has 0 spiro atoms. The van der Waals surface area contributed by atoms with Gasteiger partial charge in [-0.25, -0.2) is 0 Å². The summed E-state index contributed by atoms with van der Waals surface area (Å²) in [7, 11) is 0. The third kappa shape index (κ3) is 2.69. The molecular weight excluding hydrogens is 408 g/mol. The largest absolute Gasteiger partial charge is 0.481 e. The maximum atomic E-state index is 12.8. The Bertz CT molecular complexity index is 942. The number of aliphatic hydroxyl groups is 1. The summed E-state index contributed by atoms with van der Waals surface area (Å²) >= 11 is 0. The van der Waals surface area contributed by atoms with Gasteiger partial charge in [0.05, 0.1) is 11.5 Å². The average Bonchev–Trinajstić information content (AvgIpc) is 2.74. The fourth-order valence-electron chi connectivity index (χ4n) is 10.4. The van der Waals surface area contributed by atoms with Crippen LogP contribution < -0.4 is 0 Å². The van der Waals surface area contributed by atoms with Crippen LogP contribution in [-0.2, 0) is 4.79 Å². The zero-order chi connectivity index (χ0) is 24.2. The number of aliphatic carboxylic acids is 1. The molecule has 0 radical (unpaired) electrons. The topological polar surface area (TPSA) is 57.5 Å². The number of carbonyl (C=O) groups is 1. The lowest BCUT2D eigenvalue weighted by Gasteiger charge is -2.70. The number of carboxylic acids is 1. The van der Waals surface area contributed by atoms with E-state index in [1.54, 1.807) is 0 Å².